The normalized spacial score (nSPS) is 26.3. The van der Waals surface area contributed by atoms with Gasteiger partial charge in [0.25, 0.3) is 0 Å². The van der Waals surface area contributed by atoms with E-state index in [4.69, 9.17) is 0 Å². The molecule has 0 radical (unpaired) electrons. The van der Waals surface area contributed by atoms with Crippen LogP contribution in [-0.2, 0) is 0 Å². The topological polar surface area (TPSA) is 40.5 Å². The van der Waals surface area contributed by atoms with Gasteiger partial charge in [0.1, 0.15) is 5.60 Å². The van der Waals surface area contributed by atoms with Crippen LogP contribution in [0.2, 0.25) is 0 Å². The summed E-state index contributed by atoms with van der Waals surface area (Å²) < 4.78 is 0. The molecule has 0 heterocycles. The zero-order valence-corrected chi connectivity index (χ0v) is 9.24. The Morgan fingerprint density at radius 2 is 1.86 bits per heavy atom. The van der Waals surface area contributed by atoms with E-state index < -0.39 is 11.7 Å². The summed E-state index contributed by atoms with van der Waals surface area (Å²) in [6.07, 6.45) is 8.62. The highest BCUT2D eigenvalue weighted by Gasteiger charge is 2.34. The van der Waals surface area contributed by atoms with E-state index in [9.17, 15) is 10.2 Å². The molecule has 1 aliphatic carbocycles. The molecule has 0 saturated heterocycles. The van der Waals surface area contributed by atoms with Gasteiger partial charge in [0.15, 0.2) is 0 Å². The molecule has 14 heavy (non-hydrogen) atoms. The van der Waals surface area contributed by atoms with E-state index in [-0.39, 0.29) is 5.92 Å². The minimum absolute atomic E-state index is 0.273. The standard InChI is InChI=1S/C12H22O2/c1-3-9-12(2,14)11(13)10-7-5-4-6-8-10/h3,9-11,13-14H,4-8H2,1-2H3/b9-3+/t11-,12+/m0/s1. The van der Waals surface area contributed by atoms with Crippen LogP contribution in [0.25, 0.3) is 0 Å². The zero-order chi connectivity index (χ0) is 10.6. The zero-order valence-electron chi connectivity index (χ0n) is 9.24. The molecule has 1 rings (SSSR count). The van der Waals surface area contributed by atoms with Crippen LogP contribution in [0.1, 0.15) is 46.0 Å². The van der Waals surface area contributed by atoms with Gasteiger partial charge in [-0.15, -0.1) is 0 Å². The van der Waals surface area contributed by atoms with Gasteiger partial charge in [0, 0.05) is 0 Å². The van der Waals surface area contributed by atoms with E-state index in [1.807, 2.05) is 6.92 Å². The molecule has 0 spiro atoms. The lowest BCUT2D eigenvalue weighted by Crippen LogP contribution is -2.43. The van der Waals surface area contributed by atoms with Crippen molar-refractivity contribution in [3.63, 3.8) is 0 Å². The van der Waals surface area contributed by atoms with Crippen LogP contribution < -0.4 is 0 Å². The maximum Gasteiger partial charge on any atom is 0.106 e. The number of aliphatic hydroxyl groups is 2. The molecule has 0 bridgehead atoms. The molecule has 0 unspecified atom stereocenters. The summed E-state index contributed by atoms with van der Waals surface area (Å²) in [7, 11) is 0. The molecule has 0 amide bonds. The second-order valence-electron chi connectivity index (χ2n) is 4.57. The van der Waals surface area contributed by atoms with E-state index >= 15 is 0 Å². The minimum atomic E-state index is -1.06. The van der Waals surface area contributed by atoms with Crippen molar-refractivity contribution in [2.45, 2.75) is 57.7 Å². The van der Waals surface area contributed by atoms with Gasteiger partial charge in [-0.05, 0) is 32.6 Å². The lowest BCUT2D eigenvalue weighted by Gasteiger charge is -2.34. The van der Waals surface area contributed by atoms with Crippen LogP contribution in [0.5, 0.6) is 0 Å². The molecule has 0 aromatic carbocycles. The van der Waals surface area contributed by atoms with E-state index in [2.05, 4.69) is 0 Å². The van der Waals surface area contributed by atoms with Gasteiger partial charge >= 0.3 is 0 Å². The number of rotatable bonds is 3. The van der Waals surface area contributed by atoms with Crippen molar-refractivity contribution in [3.8, 4) is 0 Å². The summed E-state index contributed by atoms with van der Waals surface area (Å²) in [5.41, 5.74) is -1.06. The van der Waals surface area contributed by atoms with E-state index in [1.165, 1.54) is 19.3 Å². The van der Waals surface area contributed by atoms with Crippen LogP contribution in [-0.4, -0.2) is 21.9 Å². The first-order valence-electron chi connectivity index (χ1n) is 5.62. The summed E-state index contributed by atoms with van der Waals surface area (Å²) in [6, 6.07) is 0. The third-order valence-corrected chi connectivity index (χ3v) is 3.20. The summed E-state index contributed by atoms with van der Waals surface area (Å²) >= 11 is 0. The highest BCUT2D eigenvalue weighted by atomic mass is 16.3. The highest BCUT2D eigenvalue weighted by molar-refractivity contribution is 5.03. The average Bonchev–Trinajstić information content (AvgIpc) is 2.18. The van der Waals surface area contributed by atoms with Crippen molar-refractivity contribution >= 4 is 0 Å². The minimum Gasteiger partial charge on any atom is -0.390 e. The third kappa shape index (κ3) is 2.82. The van der Waals surface area contributed by atoms with Gasteiger partial charge in [0.2, 0.25) is 0 Å². The van der Waals surface area contributed by atoms with Gasteiger partial charge in [-0.25, -0.2) is 0 Å². The summed E-state index contributed by atoms with van der Waals surface area (Å²) in [5.74, 6) is 0.273. The van der Waals surface area contributed by atoms with E-state index in [1.54, 1.807) is 19.1 Å². The summed E-state index contributed by atoms with van der Waals surface area (Å²) in [5, 5.41) is 20.0. The molecule has 0 aliphatic heterocycles. The molecule has 1 saturated carbocycles. The van der Waals surface area contributed by atoms with E-state index in [0.29, 0.717) is 0 Å². The second-order valence-corrected chi connectivity index (χ2v) is 4.57. The Balaban J connectivity index is 2.57. The third-order valence-electron chi connectivity index (χ3n) is 3.20. The molecule has 1 aliphatic rings. The van der Waals surface area contributed by atoms with Gasteiger partial charge in [-0.3, -0.25) is 0 Å². The maximum absolute atomic E-state index is 10.0. The first-order valence-corrected chi connectivity index (χ1v) is 5.62. The predicted molar refractivity (Wildman–Crippen MR) is 58.0 cm³/mol. The summed E-state index contributed by atoms with van der Waals surface area (Å²) in [6.45, 7) is 3.55. The van der Waals surface area contributed by atoms with Gasteiger partial charge in [0.05, 0.1) is 6.10 Å². The van der Waals surface area contributed by atoms with Crippen molar-refractivity contribution < 1.29 is 10.2 Å². The largest absolute Gasteiger partial charge is 0.390 e. The predicted octanol–water partition coefficient (Wildman–Crippen LogP) is 2.25. The molecule has 0 aromatic rings. The van der Waals surface area contributed by atoms with Crippen molar-refractivity contribution in [1.29, 1.82) is 0 Å². The number of hydrogen-bond acceptors (Lipinski definition) is 2. The van der Waals surface area contributed by atoms with Crippen LogP contribution in [0, 0.1) is 5.92 Å². The van der Waals surface area contributed by atoms with Crippen molar-refractivity contribution in [1.82, 2.24) is 0 Å². The molecule has 0 aromatic heterocycles. The Labute approximate surface area is 86.6 Å². The lowest BCUT2D eigenvalue weighted by atomic mass is 9.79. The van der Waals surface area contributed by atoms with Crippen LogP contribution in [0.4, 0.5) is 0 Å². The Kier molecular flexibility index (Phi) is 4.14. The van der Waals surface area contributed by atoms with Gasteiger partial charge in [-0.1, -0.05) is 31.4 Å². The second kappa shape index (κ2) is 4.94. The number of hydrogen-bond donors (Lipinski definition) is 2. The highest BCUT2D eigenvalue weighted by Crippen LogP contribution is 2.31. The van der Waals surface area contributed by atoms with Crippen LogP contribution in [0.15, 0.2) is 12.2 Å². The Bertz CT molecular complexity index is 190. The quantitative estimate of drug-likeness (QED) is 0.683. The first-order chi connectivity index (χ1) is 6.58. The van der Waals surface area contributed by atoms with E-state index in [0.717, 1.165) is 12.8 Å². The molecule has 2 N–H and O–H groups in total. The van der Waals surface area contributed by atoms with Crippen molar-refractivity contribution in [2.24, 2.45) is 5.92 Å². The Morgan fingerprint density at radius 3 is 2.36 bits per heavy atom. The molecule has 2 nitrogen and oxygen atoms in total. The van der Waals surface area contributed by atoms with Crippen LogP contribution >= 0.6 is 0 Å². The number of aliphatic hydroxyl groups excluding tert-OH is 1. The lowest BCUT2D eigenvalue weighted by molar-refractivity contribution is -0.0651. The average molecular weight is 198 g/mol. The molecular formula is C12H22O2. The van der Waals surface area contributed by atoms with Crippen molar-refractivity contribution in [3.05, 3.63) is 12.2 Å². The molecule has 82 valence electrons. The fourth-order valence-corrected chi connectivity index (χ4v) is 2.36. The van der Waals surface area contributed by atoms with Crippen molar-refractivity contribution in [2.75, 3.05) is 0 Å². The first kappa shape index (κ1) is 11.7. The SMILES string of the molecule is C/C=C/[C@@](C)(O)[C@@H](O)C1CCCCC1. The molecule has 2 heteroatoms. The fraction of sp³-hybridized carbons (Fsp3) is 0.833. The Morgan fingerprint density at radius 1 is 1.29 bits per heavy atom. The Hall–Kier alpha value is -0.340. The monoisotopic (exact) mass is 198 g/mol. The fourth-order valence-electron chi connectivity index (χ4n) is 2.36. The summed E-state index contributed by atoms with van der Waals surface area (Å²) in [4.78, 5) is 0. The molecule has 1 fully saturated rings. The van der Waals surface area contributed by atoms with Gasteiger partial charge < -0.3 is 10.2 Å². The van der Waals surface area contributed by atoms with Crippen LogP contribution in [0.3, 0.4) is 0 Å². The number of allylic oxidation sites excluding steroid dienone is 1. The molecule has 2 atom stereocenters. The molecular weight excluding hydrogens is 176 g/mol. The smallest absolute Gasteiger partial charge is 0.106 e. The maximum atomic E-state index is 10.0. The van der Waals surface area contributed by atoms with Gasteiger partial charge in [-0.2, -0.15) is 0 Å².